The average Bonchev–Trinajstić information content (AvgIpc) is 3.10. The standard InChI is InChI=1S/C23H32ClN3O4/c1-21(2)14-27(10-9-23(21,31)16-5-7-17(24)8-6-16)19(29)12-22(3,4)26-20(30)15-11-18(28)25-13-15/h5-8,15,31H,9-14H2,1-4H3,(H,25,28)(H,26,30)/t15?,23-/m0/s1. The van der Waals surface area contributed by atoms with Crippen LogP contribution in [0, 0.1) is 11.3 Å². The van der Waals surface area contributed by atoms with E-state index < -0.39 is 22.5 Å². The lowest BCUT2D eigenvalue weighted by atomic mass is 9.66. The summed E-state index contributed by atoms with van der Waals surface area (Å²) in [6.45, 7) is 8.69. The third kappa shape index (κ3) is 5.04. The molecule has 3 N–H and O–H groups in total. The molecule has 0 radical (unpaired) electrons. The SMILES string of the molecule is CC(C)(CC(=O)N1CC[C@](O)(c2ccc(Cl)cc2)C(C)(C)C1)NC(=O)C1CNC(=O)C1. The zero-order valence-corrected chi connectivity index (χ0v) is 19.4. The molecule has 3 rings (SSSR count). The fourth-order valence-corrected chi connectivity index (χ4v) is 4.68. The van der Waals surface area contributed by atoms with Crippen molar-refractivity contribution >= 4 is 29.3 Å². The van der Waals surface area contributed by atoms with Crippen molar-refractivity contribution in [3.8, 4) is 0 Å². The topological polar surface area (TPSA) is 98.7 Å². The number of likely N-dealkylation sites (tertiary alicyclic amines) is 1. The molecular weight excluding hydrogens is 418 g/mol. The van der Waals surface area contributed by atoms with Crippen molar-refractivity contribution in [2.75, 3.05) is 19.6 Å². The molecule has 170 valence electrons. The van der Waals surface area contributed by atoms with Crippen molar-refractivity contribution in [1.29, 1.82) is 0 Å². The molecule has 1 aromatic carbocycles. The Morgan fingerprint density at radius 2 is 1.94 bits per heavy atom. The lowest BCUT2D eigenvalue weighted by Gasteiger charge is -2.51. The summed E-state index contributed by atoms with van der Waals surface area (Å²) in [4.78, 5) is 38.6. The highest BCUT2D eigenvalue weighted by molar-refractivity contribution is 6.30. The lowest BCUT2D eigenvalue weighted by Crippen LogP contribution is -2.58. The Kier molecular flexibility index (Phi) is 6.40. The number of amides is 3. The zero-order valence-electron chi connectivity index (χ0n) is 18.6. The van der Waals surface area contributed by atoms with Gasteiger partial charge in [0, 0.05) is 48.5 Å². The number of benzene rings is 1. The van der Waals surface area contributed by atoms with Crippen LogP contribution in [0.15, 0.2) is 24.3 Å². The first-order valence-electron chi connectivity index (χ1n) is 10.7. The van der Waals surface area contributed by atoms with Gasteiger partial charge in [-0.1, -0.05) is 37.6 Å². The minimum atomic E-state index is -1.07. The number of hydrogen-bond acceptors (Lipinski definition) is 4. The maximum Gasteiger partial charge on any atom is 0.225 e. The lowest BCUT2D eigenvalue weighted by molar-refractivity contribution is -0.154. The third-order valence-corrected chi connectivity index (χ3v) is 6.78. The number of piperidine rings is 1. The molecule has 1 unspecified atom stereocenters. The number of hydrogen-bond donors (Lipinski definition) is 3. The van der Waals surface area contributed by atoms with Crippen LogP contribution in [0.3, 0.4) is 0 Å². The van der Waals surface area contributed by atoms with Gasteiger partial charge in [0.25, 0.3) is 0 Å². The molecule has 0 aliphatic carbocycles. The summed E-state index contributed by atoms with van der Waals surface area (Å²) in [5, 5.41) is 17.7. The second-order valence-electron chi connectivity index (χ2n) is 10.1. The molecule has 2 atom stereocenters. The molecular formula is C23H32ClN3O4. The molecule has 2 aliphatic heterocycles. The van der Waals surface area contributed by atoms with Crippen LogP contribution < -0.4 is 10.6 Å². The van der Waals surface area contributed by atoms with Crippen molar-refractivity contribution in [1.82, 2.24) is 15.5 Å². The molecule has 1 aromatic rings. The molecule has 0 spiro atoms. The minimum Gasteiger partial charge on any atom is -0.384 e. The van der Waals surface area contributed by atoms with Crippen LogP contribution in [0.4, 0.5) is 0 Å². The summed E-state index contributed by atoms with van der Waals surface area (Å²) in [6.07, 6.45) is 0.734. The van der Waals surface area contributed by atoms with Gasteiger partial charge in [0.05, 0.1) is 11.5 Å². The molecule has 31 heavy (non-hydrogen) atoms. The van der Waals surface area contributed by atoms with E-state index in [4.69, 9.17) is 11.6 Å². The Morgan fingerprint density at radius 1 is 1.29 bits per heavy atom. The summed E-state index contributed by atoms with van der Waals surface area (Å²) in [5.74, 6) is -0.813. The maximum atomic E-state index is 13.1. The fraction of sp³-hybridized carbons (Fsp3) is 0.609. The van der Waals surface area contributed by atoms with E-state index in [1.807, 2.05) is 39.8 Å². The van der Waals surface area contributed by atoms with E-state index in [1.54, 1.807) is 17.0 Å². The summed E-state index contributed by atoms with van der Waals surface area (Å²) in [7, 11) is 0. The van der Waals surface area contributed by atoms with Gasteiger partial charge in [0.1, 0.15) is 0 Å². The predicted octanol–water partition coefficient (Wildman–Crippen LogP) is 2.21. The Balaban J connectivity index is 1.63. The zero-order chi connectivity index (χ0) is 23.0. The Labute approximate surface area is 188 Å². The molecule has 0 bridgehead atoms. The van der Waals surface area contributed by atoms with E-state index in [0.29, 0.717) is 31.1 Å². The maximum absolute atomic E-state index is 13.1. The van der Waals surface area contributed by atoms with Crippen LogP contribution in [0.1, 0.15) is 52.5 Å². The highest BCUT2D eigenvalue weighted by Gasteiger charge is 2.49. The number of aliphatic hydroxyl groups is 1. The molecule has 2 saturated heterocycles. The van der Waals surface area contributed by atoms with Crippen LogP contribution >= 0.6 is 11.6 Å². The molecule has 0 aromatic heterocycles. The molecule has 7 nitrogen and oxygen atoms in total. The van der Waals surface area contributed by atoms with Gasteiger partial charge in [0.2, 0.25) is 17.7 Å². The minimum absolute atomic E-state index is 0.0721. The van der Waals surface area contributed by atoms with Gasteiger partial charge in [-0.2, -0.15) is 0 Å². The van der Waals surface area contributed by atoms with Gasteiger partial charge in [-0.05, 0) is 38.0 Å². The van der Waals surface area contributed by atoms with Crippen molar-refractivity contribution < 1.29 is 19.5 Å². The van der Waals surface area contributed by atoms with Gasteiger partial charge in [0.15, 0.2) is 0 Å². The third-order valence-electron chi connectivity index (χ3n) is 6.53. The molecule has 3 amide bonds. The first kappa shape index (κ1) is 23.5. The molecule has 8 heteroatoms. The van der Waals surface area contributed by atoms with E-state index in [9.17, 15) is 19.5 Å². The second kappa shape index (κ2) is 8.43. The summed E-state index contributed by atoms with van der Waals surface area (Å²) >= 11 is 5.99. The Morgan fingerprint density at radius 3 is 2.48 bits per heavy atom. The molecule has 2 heterocycles. The normalized spacial score (nSPS) is 25.8. The first-order chi connectivity index (χ1) is 14.3. The molecule has 2 aliphatic rings. The van der Waals surface area contributed by atoms with Crippen LogP contribution in [0.25, 0.3) is 0 Å². The second-order valence-corrected chi connectivity index (χ2v) is 10.5. The summed E-state index contributed by atoms with van der Waals surface area (Å²) in [5.41, 5.74) is -1.59. The van der Waals surface area contributed by atoms with E-state index in [2.05, 4.69) is 10.6 Å². The van der Waals surface area contributed by atoms with Gasteiger partial charge >= 0.3 is 0 Å². The number of carbonyl (C=O) groups excluding carboxylic acids is 3. The monoisotopic (exact) mass is 449 g/mol. The molecule has 2 fully saturated rings. The van der Waals surface area contributed by atoms with E-state index in [0.717, 1.165) is 5.56 Å². The van der Waals surface area contributed by atoms with Crippen molar-refractivity contribution in [2.24, 2.45) is 11.3 Å². The van der Waals surface area contributed by atoms with Gasteiger partial charge in [-0.3, -0.25) is 14.4 Å². The summed E-state index contributed by atoms with van der Waals surface area (Å²) < 4.78 is 0. The summed E-state index contributed by atoms with van der Waals surface area (Å²) in [6, 6.07) is 7.20. The fourth-order valence-electron chi connectivity index (χ4n) is 4.56. The van der Waals surface area contributed by atoms with Crippen molar-refractivity contribution in [2.45, 2.75) is 58.1 Å². The van der Waals surface area contributed by atoms with Crippen LogP contribution in [-0.2, 0) is 20.0 Å². The molecule has 0 saturated carbocycles. The Hall–Kier alpha value is -2.12. The average molecular weight is 450 g/mol. The number of nitrogens with one attached hydrogen (secondary N) is 2. The number of rotatable bonds is 5. The smallest absolute Gasteiger partial charge is 0.225 e. The quantitative estimate of drug-likeness (QED) is 0.641. The van der Waals surface area contributed by atoms with Gasteiger partial charge < -0.3 is 20.6 Å². The highest BCUT2D eigenvalue weighted by Crippen LogP contribution is 2.46. The van der Waals surface area contributed by atoms with E-state index in [-0.39, 0.29) is 30.6 Å². The number of nitrogens with zero attached hydrogens (tertiary/aromatic N) is 1. The largest absolute Gasteiger partial charge is 0.384 e. The predicted molar refractivity (Wildman–Crippen MR) is 118 cm³/mol. The van der Waals surface area contributed by atoms with Crippen LogP contribution in [0.5, 0.6) is 0 Å². The highest BCUT2D eigenvalue weighted by atomic mass is 35.5. The van der Waals surface area contributed by atoms with Crippen LogP contribution in [-0.4, -0.2) is 52.9 Å². The van der Waals surface area contributed by atoms with Gasteiger partial charge in [-0.15, -0.1) is 0 Å². The first-order valence-corrected chi connectivity index (χ1v) is 11.1. The number of carbonyl (C=O) groups is 3. The van der Waals surface area contributed by atoms with E-state index in [1.165, 1.54) is 0 Å². The van der Waals surface area contributed by atoms with Crippen molar-refractivity contribution in [3.63, 3.8) is 0 Å². The van der Waals surface area contributed by atoms with Gasteiger partial charge in [-0.25, -0.2) is 0 Å². The van der Waals surface area contributed by atoms with Crippen LogP contribution in [0.2, 0.25) is 5.02 Å². The van der Waals surface area contributed by atoms with Crippen molar-refractivity contribution in [3.05, 3.63) is 34.9 Å². The Bertz CT molecular complexity index is 868. The van der Waals surface area contributed by atoms with E-state index >= 15 is 0 Å². The number of halogens is 1.